The van der Waals surface area contributed by atoms with Gasteiger partial charge in [0.15, 0.2) is 0 Å². The lowest BCUT2D eigenvalue weighted by molar-refractivity contribution is 0.0631. The number of fused-ring (bicyclic) bond motifs is 2. The van der Waals surface area contributed by atoms with Crippen LogP contribution in [0.4, 0.5) is 4.79 Å². The molecule has 0 aliphatic carbocycles. The van der Waals surface area contributed by atoms with Gasteiger partial charge in [-0.1, -0.05) is 30.3 Å². The first-order valence-electron chi connectivity index (χ1n) is 7.40. The van der Waals surface area contributed by atoms with Gasteiger partial charge in [0.1, 0.15) is 0 Å². The number of rotatable bonds is 3. The van der Waals surface area contributed by atoms with Gasteiger partial charge in [0.2, 0.25) is 0 Å². The first kappa shape index (κ1) is 13.4. The second kappa shape index (κ2) is 5.44. The molecule has 4 nitrogen and oxygen atoms in total. The van der Waals surface area contributed by atoms with E-state index in [0.29, 0.717) is 6.04 Å². The minimum Gasteiger partial charge on any atom is -0.465 e. The van der Waals surface area contributed by atoms with E-state index < -0.39 is 6.09 Å². The summed E-state index contributed by atoms with van der Waals surface area (Å²) in [4.78, 5) is 15.4. The number of piperidine rings is 1. The van der Waals surface area contributed by atoms with Crippen LogP contribution in [0.1, 0.15) is 31.2 Å². The predicted molar refractivity (Wildman–Crippen MR) is 77.6 cm³/mol. The Balaban J connectivity index is 1.64. The highest BCUT2D eigenvalue weighted by atomic mass is 16.4. The van der Waals surface area contributed by atoms with E-state index in [2.05, 4.69) is 36.2 Å². The molecule has 1 amide bonds. The third-order valence-electron chi connectivity index (χ3n) is 4.83. The number of hydrogen-bond acceptors (Lipinski definition) is 2. The van der Waals surface area contributed by atoms with Crippen molar-refractivity contribution in [3.05, 3.63) is 35.9 Å². The van der Waals surface area contributed by atoms with Crippen LogP contribution in [0.5, 0.6) is 0 Å². The third kappa shape index (κ3) is 2.52. The lowest BCUT2D eigenvalue weighted by Gasteiger charge is -2.40. The fourth-order valence-electron chi connectivity index (χ4n) is 3.82. The average Bonchev–Trinajstić information content (AvgIpc) is 2.71. The quantitative estimate of drug-likeness (QED) is 0.921. The number of benzene rings is 1. The van der Waals surface area contributed by atoms with Crippen molar-refractivity contribution in [3.8, 4) is 0 Å². The van der Waals surface area contributed by atoms with Crippen LogP contribution >= 0.6 is 0 Å². The van der Waals surface area contributed by atoms with Crippen LogP contribution < -0.4 is 0 Å². The SMILES string of the molecule is CN(Cc1ccccc1)C1C[C@H]2CC[C@@H](C1)N2C(=O)O. The van der Waals surface area contributed by atoms with E-state index in [4.69, 9.17) is 0 Å². The van der Waals surface area contributed by atoms with Gasteiger partial charge < -0.3 is 10.0 Å². The summed E-state index contributed by atoms with van der Waals surface area (Å²) in [7, 11) is 2.16. The molecule has 1 unspecified atom stereocenters. The van der Waals surface area contributed by atoms with Crippen molar-refractivity contribution in [2.24, 2.45) is 0 Å². The molecule has 1 aromatic rings. The van der Waals surface area contributed by atoms with E-state index in [1.807, 2.05) is 6.07 Å². The molecule has 3 rings (SSSR count). The summed E-state index contributed by atoms with van der Waals surface area (Å²) < 4.78 is 0. The highest BCUT2D eigenvalue weighted by molar-refractivity contribution is 5.66. The lowest BCUT2D eigenvalue weighted by atomic mass is 9.96. The van der Waals surface area contributed by atoms with Crippen LogP contribution in [0.15, 0.2) is 30.3 Å². The van der Waals surface area contributed by atoms with Gasteiger partial charge in [-0.15, -0.1) is 0 Å². The molecule has 1 N–H and O–H groups in total. The van der Waals surface area contributed by atoms with Gasteiger partial charge in [0.05, 0.1) is 0 Å². The van der Waals surface area contributed by atoms with E-state index in [-0.39, 0.29) is 12.1 Å². The molecular weight excluding hydrogens is 252 g/mol. The van der Waals surface area contributed by atoms with Gasteiger partial charge in [-0.2, -0.15) is 0 Å². The van der Waals surface area contributed by atoms with Gasteiger partial charge in [0, 0.05) is 24.7 Å². The normalized spacial score (nSPS) is 28.9. The maximum absolute atomic E-state index is 11.3. The van der Waals surface area contributed by atoms with Crippen LogP contribution in [0.25, 0.3) is 0 Å². The van der Waals surface area contributed by atoms with Crippen molar-refractivity contribution in [3.63, 3.8) is 0 Å². The summed E-state index contributed by atoms with van der Waals surface area (Å²) in [6, 6.07) is 11.4. The predicted octanol–water partition coefficient (Wildman–Crippen LogP) is 2.79. The Hall–Kier alpha value is -1.55. The molecule has 2 aliphatic heterocycles. The molecule has 2 bridgehead atoms. The van der Waals surface area contributed by atoms with Gasteiger partial charge in [-0.3, -0.25) is 4.90 Å². The zero-order chi connectivity index (χ0) is 14.1. The maximum atomic E-state index is 11.3. The monoisotopic (exact) mass is 274 g/mol. The molecule has 108 valence electrons. The Morgan fingerprint density at radius 3 is 2.40 bits per heavy atom. The maximum Gasteiger partial charge on any atom is 0.407 e. The summed E-state index contributed by atoms with van der Waals surface area (Å²) in [6.45, 7) is 0.942. The standard InChI is InChI=1S/C16H22N2O2/c1-17(11-12-5-3-2-4-6-12)15-9-13-7-8-14(10-15)18(13)16(19)20/h2-6,13-15H,7-11H2,1H3,(H,19,20)/t13-,14+,15?. The minimum atomic E-state index is -0.735. The number of amides is 1. The van der Waals surface area contributed by atoms with Crippen LogP contribution in [-0.2, 0) is 6.54 Å². The molecule has 2 heterocycles. The topological polar surface area (TPSA) is 43.8 Å². The molecule has 0 aromatic heterocycles. The Kier molecular flexibility index (Phi) is 3.66. The van der Waals surface area contributed by atoms with Crippen molar-refractivity contribution >= 4 is 6.09 Å². The molecule has 0 spiro atoms. The highest BCUT2D eigenvalue weighted by Gasteiger charge is 2.44. The molecule has 2 aliphatic rings. The number of carboxylic acid groups (broad SMARTS) is 1. The number of nitrogens with zero attached hydrogens (tertiary/aromatic N) is 2. The molecular formula is C16H22N2O2. The van der Waals surface area contributed by atoms with Crippen molar-refractivity contribution in [1.29, 1.82) is 0 Å². The van der Waals surface area contributed by atoms with E-state index >= 15 is 0 Å². The molecule has 20 heavy (non-hydrogen) atoms. The zero-order valence-corrected chi connectivity index (χ0v) is 11.9. The van der Waals surface area contributed by atoms with Crippen molar-refractivity contribution < 1.29 is 9.90 Å². The van der Waals surface area contributed by atoms with Crippen molar-refractivity contribution in [2.75, 3.05) is 7.05 Å². The van der Waals surface area contributed by atoms with Crippen LogP contribution in [0.3, 0.4) is 0 Å². The van der Waals surface area contributed by atoms with Gasteiger partial charge in [0.25, 0.3) is 0 Å². The highest BCUT2D eigenvalue weighted by Crippen LogP contribution is 2.37. The van der Waals surface area contributed by atoms with Crippen molar-refractivity contribution in [2.45, 2.75) is 50.4 Å². The van der Waals surface area contributed by atoms with E-state index in [0.717, 1.165) is 32.2 Å². The van der Waals surface area contributed by atoms with E-state index in [1.54, 1.807) is 4.90 Å². The molecule has 4 heteroatoms. The van der Waals surface area contributed by atoms with Crippen LogP contribution in [0.2, 0.25) is 0 Å². The third-order valence-corrected chi connectivity index (χ3v) is 4.83. The van der Waals surface area contributed by atoms with Crippen LogP contribution in [0, 0.1) is 0 Å². The second-order valence-electron chi connectivity index (χ2n) is 6.10. The fourth-order valence-corrected chi connectivity index (χ4v) is 3.82. The second-order valence-corrected chi connectivity index (χ2v) is 6.10. The Morgan fingerprint density at radius 1 is 1.25 bits per heavy atom. The molecule has 0 saturated carbocycles. The summed E-state index contributed by atoms with van der Waals surface area (Å²) in [5.41, 5.74) is 1.32. The van der Waals surface area contributed by atoms with Gasteiger partial charge in [-0.05, 0) is 38.3 Å². The largest absolute Gasteiger partial charge is 0.465 e. The molecule has 2 saturated heterocycles. The minimum absolute atomic E-state index is 0.231. The van der Waals surface area contributed by atoms with E-state index in [1.165, 1.54) is 5.56 Å². The lowest BCUT2D eigenvalue weighted by Crippen LogP contribution is -2.51. The van der Waals surface area contributed by atoms with Crippen LogP contribution in [-0.4, -0.2) is 46.2 Å². The average molecular weight is 274 g/mol. The molecule has 2 fully saturated rings. The van der Waals surface area contributed by atoms with Crippen molar-refractivity contribution in [1.82, 2.24) is 9.80 Å². The molecule has 0 radical (unpaired) electrons. The van der Waals surface area contributed by atoms with E-state index in [9.17, 15) is 9.90 Å². The fraction of sp³-hybridized carbons (Fsp3) is 0.562. The van der Waals surface area contributed by atoms with Gasteiger partial charge >= 0.3 is 6.09 Å². The first-order chi connectivity index (χ1) is 9.65. The number of hydrogen-bond donors (Lipinski definition) is 1. The summed E-state index contributed by atoms with van der Waals surface area (Å²) in [5, 5.41) is 9.29. The summed E-state index contributed by atoms with van der Waals surface area (Å²) >= 11 is 0. The molecule has 3 atom stereocenters. The molecule has 1 aromatic carbocycles. The Bertz CT molecular complexity index is 463. The first-order valence-corrected chi connectivity index (χ1v) is 7.40. The number of carbonyl (C=O) groups is 1. The Morgan fingerprint density at radius 2 is 1.85 bits per heavy atom. The zero-order valence-electron chi connectivity index (χ0n) is 11.9. The smallest absolute Gasteiger partial charge is 0.407 e. The summed E-state index contributed by atoms with van der Waals surface area (Å²) in [6.07, 6.45) is 3.29. The summed E-state index contributed by atoms with van der Waals surface area (Å²) in [5.74, 6) is 0. The van der Waals surface area contributed by atoms with Gasteiger partial charge in [-0.25, -0.2) is 4.79 Å². The Labute approximate surface area is 120 Å².